The largest absolute Gasteiger partial charge is 0.248 e. The highest BCUT2D eigenvalue weighted by molar-refractivity contribution is 5.26. The van der Waals surface area contributed by atoms with E-state index in [1.54, 1.807) is 0 Å². The number of benzene rings is 2. The maximum absolute atomic E-state index is 4.37. The normalized spacial score (nSPS) is 12.5. The predicted molar refractivity (Wildman–Crippen MR) is 98.2 cm³/mol. The summed E-state index contributed by atoms with van der Waals surface area (Å²) in [5.74, 6) is 0.939. The molecule has 3 rings (SSSR count). The van der Waals surface area contributed by atoms with Crippen LogP contribution in [0, 0.1) is 0 Å². The Morgan fingerprint density at radius 2 is 1.58 bits per heavy atom. The third-order valence-electron chi connectivity index (χ3n) is 4.44. The first-order valence-electron chi connectivity index (χ1n) is 8.64. The molecule has 0 radical (unpaired) electrons. The number of aromatic nitrogens is 3. The topological polar surface area (TPSA) is 30.7 Å². The van der Waals surface area contributed by atoms with Crippen molar-refractivity contribution in [2.45, 2.75) is 45.6 Å². The minimum atomic E-state index is 0.361. The molecule has 124 valence electrons. The third kappa shape index (κ3) is 4.10. The van der Waals surface area contributed by atoms with E-state index < -0.39 is 0 Å². The maximum Gasteiger partial charge on any atom is 0.0858 e. The molecular weight excluding hydrogens is 294 g/mol. The van der Waals surface area contributed by atoms with Crippen molar-refractivity contribution in [3.8, 4) is 0 Å². The fraction of sp³-hybridized carbons (Fsp3) is 0.333. The molecule has 0 bridgehead atoms. The van der Waals surface area contributed by atoms with E-state index in [0.717, 1.165) is 18.7 Å². The molecular formula is C21H25N3. The molecule has 3 heteroatoms. The second-order valence-electron chi connectivity index (χ2n) is 6.83. The van der Waals surface area contributed by atoms with Gasteiger partial charge in [-0.3, -0.25) is 0 Å². The van der Waals surface area contributed by atoms with E-state index in [2.05, 4.69) is 85.8 Å². The summed E-state index contributed by atoms with van der Waals surface area (Å²) >= 11 is 0. The van der Waals surface area contributed by atoms with E-state index in [1.165, 1.54) is 16.7 Å². The van der Waals surface area contributed by atoms with Gasteiger partial charge in [0.15, 0.2) is 0 Å². The number of hydrogen-bond acceptors (Lipinski definition) is 2. The standard InChI is InChI=1S/C21H25N3/c1-16(2)20-11-9-18(10-12-20)13-17(3)21-15-24(23-22-21)14-19-7-5-4-6-8-19/h4-12,15-17H,13-14H2,1-3H3. The minimum absolute atomic E-state index is 0.361. The Labute approximate surface area is 144 Å². The molecule has 24 heavy (non-hydrogen) atoms. The fourth-order valence-corrected chi connectivity index (χ4v) is 2.88. The van der Waals surface area contributed by atoms with E-state index in [9.17, 15) is 0 Å². The molecule has 0 spiro atoms. The molecule has 0 aliphatic carbocycles. The van der Waals surface area contributed by atoms with Gasteiger partial charge in [0.2, 0.25) is 0 Å². The second-order valence-corrected chi connectivity index (χ2v) is 6.83. The summed E-state index contributed by atoms with van der Waals surface area (Å²) in [6, 6.07) is 19.3. The first-order valence-corrected chi connectivity index (χ1v) is 8.64. The van der Waals surface area contributed by atoms with Crippen LogP contribution in [0.25, 0.3) is 0 Å². The van der Waals surface area contributed by atoms with Crippen LogP contribution in [0.4, 0.5) is 0 Å². The van der Waals surface area contributed by atoms with Crippen LogP contribution in [0.3, 0.4) is 0 Å². The van der Waals surface area contributed by atoms with Crippen LogP contribution in [0.5, 0.6) is 0 Å². The first-order chi connectivity index (χ1) is 11.6. The molecule has 1 heterocycles. The van der Waals surface area contributed by atoms with Crippen molar-refractivity contribution in [3.63, 3.8) is 0 Å². The van der Waals surface area contributed by atoms with Crippen molar-refractivity contribution >= 4 is 0 Å². The maximum atomic E-state index is 4.37. The summed E-state index contributed by atoms with van der Waals surface area (Å²) in [5, 5.41) is 8.65. The van der Waals surface area contributed by atoms with Crippen LogP contribution in [0.1, 0.15) is 55.0 Å². The van der Waals surface area contributed by atoms with Crippen molar-refractivity contribution in [1.29, 1.82) is 0 Å². The van der Waals surface area contributed by atoms with Crippen molar-refractivity contribution < 1.29 is 0 Å². The second kappa shape index (κ2) is 7.43. The molecule has 1 atom stereocenters. The molecule has 0 saturated heterocycles. The molecule has 0 fully saturated rings. The zero-order valence-corrected chi connectivity index (χ0v) is 14.7. The average Bonchev–Trinajstić information content (AvgIpc) is 3.05. The molecule has 3 nitrogen and oxygen atoms in total. The van der Waals surface area contributed by atoms with Crippen LogP contribution in [-0.4, -0.2) is 15.0 Å². The van der Waals surface area contributed by atoms with Gasteiger partial charge in [0.25, 0.3) is 0 Å². The lowest BCUT2D eigenvalue weighted by molar-refractivity contribution is 0.647. The summed E-state index contributed by atoms with van der Waals surface area (Å²) in [6.07, 6.45) is 3.06. The highest BCUT2D eigenvalue weighted by Crippen LogP contribution is 2.21. The molecule has 0 amide bonds. The van der Waals surface area contributed by atoms with Gasteiger partial charge in [-0.15, -0.1) is 5.10 Å². The summed E-state index contributed by atoms with van der Waals surface area (Å²) in [7, 11) is 0. The van der Waals surface area contributed by atoms with Gasteiger partial charge in [0.1, 0.15) is 0 Å². The van der Waals surface area contributed by atoms with Crippen LogP contribution in [0.2, 0.25) is 0 Å². The SMILES string of the molecule is CC(C)c1ccc(CC(C)c2cn(Cc3ccccc3)nn2)cc1. The summed E-state index contributed by atoms with van der Waals surface area (Å²) in [5.41, 5.74) is 5.04. The van der Waals surface area contributed by atoms with Gasteiger partial charge in [0, 0.05) is 12.1 Å². The van der Waals surface area contributed by atoms with Crippen LogP contribution in [-0.2, 0) is 13.0 Å². The molecule has 0 aliphatic heterocycles. The van der Waals surface area contributed by atoms with Gasteiger partial charge in [-0.1, -0.05) is 80.6 Å². The lowest BCUT2D eigenvalue weighted by Gasteiger charge is -2.10. The Bertz CT molecular complexity index is 757. The lowest BCUT2D eigenvalue weighted by atomic mass is 9.96. The zero-order chi connectivity index (χ0) is 16.9. The van der Waals surface area contributed by atoms with Crippen molar-refractivity contribution in [2.75, 3.05) is 0 Å². The molecule has 0 N–H and O–H groups in total. The van der Waals surface area contributed by atoms with Gasteiger partial charge < -0.3 is 0 Å². The summed E-state index contributed by atoms with van der Waals surface area (Å²) in [4.78, 5) is 0. The fourth-order valence-electron chi connectivity index (χ4n) is 2.88. The Hall–Kier alpha value is -2.42. The minimum Gasteiger partial charge on any atom is -0.248 e. The van der Waals surface area contributed by atoms with Gasteiger partial charge >= 0.3 is 0 Å². The van der Waals surface area contributed by atoms with Crippen molar-refractivity contribution in [2.24, 2.45) is 0 Å². The van der Waals surface area contributed by atoms with E-state index in [1.807, 2.05) is 10.7 Å². The number of hydrogen-bond donors (Lipinski definition) is 0. The van der Waals surface area contributed by atoms with E-state index in [0.29, 0.717) is 11.8 Å². The summed E-state index contributed by atoms with van der Waals surface area (Å²) < 4.78 is 1.92. The highest BCUT2D eigenvalue weighted by Gasteiger charge is 2.11. The number of rotatable bonds is 6. The van der Waals surface area contributed by atoms with Crippen LogP contribution in [0.15, 0.2) is 60.8 Å². The van der Waals surface area contributed by atoms with E-state index >= 15 is 0 Å². The molecule has 1 aromatic heterocycles. The highest BCUT2D eigenvalue weighted by atomic mass is 15.4. The van der Waals surface area contributed by atoms with Gasteiger partial charge in [0.05, 0.1) is 12.2 Å². The average molecular weight is 319 g/mol. The molecule has 2 aromatic carbocycles. The Morgan fingerprint density at radius 3 is 2.25 bits per heavy atom. The van der Waals surface area contributed by atoms with Crippen molar-refractivity contribution in [1.82, 2.24) is 15.0 Å². The summed E-state index contributed by atoms with van der Waals surface area (Å²) in [6.45, 7) is 7.43. The van der Waals surface area contributed by atoms with E-state index in [4.69, 9.17) is 0 Å². The quantitative estimate of drug-likeness (QED) is 0.653. The molecule has 1 unspecified atom stereocenters. The van der Waals surface area contributed by atoms with Gasteiger partial charge in [-0.2, -0.15) is 0 Å². The molecule has 0 aliphatic rings. The monoisotopic (exact) mass is 319 g/mol. The third-order valence-corrected chi connectivity index (χ3v) is 4.44. The van der Waals surface area contributed by atoms with Crippen LogP contribution >= 0.6 is 0 Å². The smallest absolute Gasteiger partial charge is 0.0858 e. The van der Waals surface area contributed by atoms with Crippen molar-refractivity contribution in [3.05, 3.63) is 83.2 Å². The Balaban J connectivity index is 1.64. The van der Waals surface area contributed by atoms with Gasteiger partial charge in [-0.25, -0.2) is 4.68 Å². The Morgan fingerprint density at radius 1 is 0.875 bits per heavy atom. The number of nitrogens with zero attached hydrogens (tertiary/aromatic N) is 3. The molecule has 0 saturated carbocycles. The molecule has 3 aromatic rings. The predicted octanol–water partition coefficient (Wildman–Crippen LogP) is 4.80. The Kier molecular flexibility index (Phi) is 5.09. The first kappa shape index (κ1) is 16.4. The lowest BCUT2D eigenvalue weighted by Crippen LogP contribution is -2.00. The van der Waals surface area contributed by atoms with Crippen LogP contribution < -0.4 is 0 Å². The zero-order valence-electron chi connectivity index (χ0n) is 14.7. The van der Waals surface area contributed by atoms with Gasteiger partial charge in [-0.05, 0) is 29.0 Å². The van der Waals surface area contributed by atoms with E-state index in [-0.39, 0.29) is 0 Å².